The monoisotopic (exact) mass is 269 g/mol. The zero-order valence-electron chi connectivity index (χ0n) is 10.9. The quantitative estimate of drug-likeness (QED) is 0.858. The normalized spacial score (nSPS) is 19.4. The van der Waals surface area contributed by atoms with Crippen LogP contribution in [0.5, 0.6) is 5.75 Å². The number of rotatable bonds is 6. The van der Waals surface area contributed by atoms with Crippen molar-refractivity contribution in [2.45, 2.75) is 32.4 Å². The first kappa shape index (κ1) is 13.7. The van der Waals surface area contributed by atoms with E-state index < -0.39 is 0 Å². The van der Waals surface area contributed by atoms with Crippen LogP contribution in [0.2, 0.25) is 0 Å². The van der Waals surface area contributed by atoms with Crippen molar-refractivity contribution in [2.24, 2.45) is 0 Å². The van der Waals surface area contributed by atoms with E-state index in [9.17, 15) is 4.39 Å². The summed E-state index contributed by atoms with van der Waals surface area (Å²) in [7, 11) is 0. The lowest BCUT2D eigenvalue weighted by atomic mass is 10.1. The van der Waals surface area contributed by atoms with E-state index in [4.69, 9.17) is 4.74 Å². The Hall–Kier alpha value is -0.740. The number of benzene rings is 1. The van der Waals surface area contributed by atoms with E-state index in [1.807, 2.05) is 11.8 Å². The van der Waals surface area contributed by atoms with E-state index in [1.165, 1.54) is 6.07 Å². The summed E-state index contributed by atoms with van der Waals surface area (Å²) in [5.41, 5.74) is 0.984. The minimum absolute atomic E-state index is 0.135. The summed E-state index contributed by atoms with van der Waals surface area (Å²) in [6.45, 7) is 5.18. The highest BCUT2D eigenvalue weighted by atomic mass is 32.2. The highest BCUT2D eigenvalue weighted by Gasteiger charge is 2.23. The molecule has 1 aliphatic rings. The summed E-state index contributed by atoms with van der Waals surface area (Å²) in [6, 6.07) is 5.24. The number of nitrogens with one attached hydrogen (secondary N) is 1. The third kappa shape index (κ3) is 3.62. The predicted molar refractivity (Wildman–Crippen MR) is 75.0 cm³/mol. The molecule has 1 heterocycles. The Balaban J connectivity index is 1.77. The summed E-state index contributed by atoms with van der Waals surface area (Å²) >= 11 is 1.94. The fraction of sp³-hybridized carbons (Fsp3) is 0.571. The molecule has 1 aliphatic heterocycles. The van der Waals surface area contributed by atoms with Crippen LogP contribution in [-0.2, 0) is 6.42 Å². The third-order valence-corrected chi connectivity index (χ3v) is 4.17. The van der Waals surface area contributed by atoms with Crippen LogP contribution in [0.1, 0.15) is 19.4 Å². The van der Waals surface area contributed by atoms with E-state index in [0.717, 1.165) is 35.8 Å². The smallest absolute Gasteiger partial charge is 0.123 e. The molecule has 0 bridgehead atoms. The fourth-order valence-electron chi connectivity index (χ4n) is 2.09. The molecule has 1 N–H and O–H groups in total. The first-order chi connectivity index (χ1) is 8.69. The molecule has 0 amide bonds. The Labute approximate surface area is 112 Å². The van der Waals surface area contributed by atoms with Crippen molar-refractivity contribution < 1.29 is 9.13 Å². The molecule has 100 valence electrons. The third-order valence-electron chi connectivity index (χ3n) is 3.03. The Morgan fingerprint density at radius 2 is 2.39 bits per heavy atom. The van der Waals surface area contributed by atoms with Gasteiger partial charge >= 0.3 is 0 Å². The molecule has 1 aromatic rings. The fourth-order valence-corrected chi connectivity index (χ4v) is 2.80. The van der Waals surface area contributed by atoms with Crippen molar-refractivity contribution in [3.63, 3.8) is 0 Å². The maximum atomic E-state index is 13.1. The van der Waals surface area contributed by atoms with Crippen LogP contribution in [0.3, 0.4) is 0 Å². The summed E-state index contributed by atoms with van der Waals surface area (Å²) in [6.07, 6.45) is 0.934. The summed E-state index contributed by atoms with van der Waals surface area (Å²) in [5.74, 6) is 2.92. The molecule has 2 nitrogen and oxygen atoms in total. The number of hydrogen-bond donors (Lipinski definition) is 1. The van der Waals surface area contributed by atoms with E-state index in [2.05, 4.69) is 19.2 Å². The van der Waals surface area contributed by atoms with Crippen molar-refractivity contribution in [3.05, 3.63) is 29.6 Å². The van der Waals surface area contributed by atoms with Gasteiger partial charge < -0.3 is 10.1 Å². The molecular weight excluding hydrogens is 249 g/mol. The molecule has 1 aromatic carbocycles. The highest BCUT2D eigenvalue weighted by Crippen LogP contribution is 2.28. The van der Waals surface area contributed by atoms with Crippen LogP contribution in [-0.4, -0.2) is 30.2 Å². The molecule has 0 aromatic heterocycles. The number of hydrogen-bond acceptors (Lipinski definition) is 3. The first-order valence-electron chi connectivity index (χ1n) is 6.45. The van der Waals surface area contributed by atoms with Crippen LogP contribution in [0, 0.1) is 5.82 Å². The number of thioether (sulfide) groups is 1. The van der Waals surface area contributed by atoms with Gasteiger partial charge in [0.15, 0.2) is 0 Å². The van der Waals surface area contributed by atoms with Gasteiger partial charge in [-0.25, -0.2) is 4.39 Å². The van der Waals surface area contributed by atoms with Gasteiger partial charge in [-0.15, -0.1) is 0 Å². The van der Waals surface area contributed by atoms with E-state index in [-0.39, 0.29) is 11.9 Å². The minimum Gasteiger partial charge on any atom is -0.488 e. The van der Waals surface area contributed by atoms with Crippen molar-refractivity contribution in [2.75, 3.05) is 18.1 Å². The van der Waals surface area contributed by atoms with Crippen LogP contribution in [0.25, 0.3) is 0 Å². The topological polar surface area (TPSA) is 21.3 Å². The van der Waals surface area contributed by atoms with E-state index in [1.54, 1.807) is 12.1 Å². The van der Waals surface area contributed by atoms with Crippen molar-refractivity contribution >= 4 is 11.8 Å². The Morgan fingerprint density at radius 3 is 3.17 bits per heavy atom. The lowest BCUT2D eigenvalue weighted by Crippen LogP contribution is -2.37. The molecule has 0 aliphatic carbocycles. The van der Waals surface area contributed by atoms with Gasteiger partial charge in [-0.1, -0.05) is 6.92 Å². The van der Waals surface area contributed by atoms with Gasteiger partial charge in [0.2, 0.25) is 0 Å². The molecule has 2 unspecified atom stereocenters. The summed E-state index contributed by atoms with van der Waals surface area (Å²) in [4.78, 5) is 0. The second-order valence-electron chi connectivity index (χ2n) is 4.66. The van der Waals surface area contributed by atoms with Gasteiger partial charge in [-0.3, -0.25) is 0 Å². The zero-order valence-corrected chi connectivity index (χ0v) is 11.7. The predicted octanol–water partition coefficient (Wildman–Crippen LogP) is 2.86. The number of halogens is 1. The Kier molecular flexibility index (Phi) is 4.89. The lowest BCUT2D eigenvalue weighted by Gasteiger charge is -2.16. The molecular formula is C14H20FNOS. The highest BCUT2D eigenvalue weighted by molar-refractivity contribution is 7.99. The van der Waals surface area contributed by atoms with Gasteiger partial charge in [-0.2, -0.15) is 11.8 Å². The van der Waals surface area contributed by atoms with Gasteiger partial charge in [0, 0.05) is 30.3 Å². The summed E-state index contributed by atoms with van der Waals surface area (Å²) < 4.78 is 18.8. The average Bonchev–Trinajstić information content (AvgIpc) is 2.75. The first-order valence-corrected chi connectivity index (χ1v) is 7.60. The van der Waals surface area contributed by atoms with E-state index in [0.29, 0.717) is 6.04 Å². The van der Waals surface area contributed by atoms with Crippen LogP contribution in [0.15, 0.2) is 18.2 Å². The molecule has 0 saturated carbocycles. The minimum atomic E-state index is -0.182. The molecule has 0 radical (unpaired) electrons. The van der Waals surface area contributed by atoms with Crippen LogP contribution in [0.4, 0.5) is 4.39 Å². The lowest BCUT2D eigenvalue weighted by molar-refractivity contribution is 0.224. The van der Waals surface area contributed by atoms with Crippen molar-refractivity contribution in [1.82, 2.24) is 5.32 Å². The molecule has 2 rings (SSSR count). The SMILES string of the molecule is CCSCC(C)NCC1Cc2cc(F)ccc2O1. The molecule has 18 heavy (non-hydrogen) atoms. The van der Waals surface area contributed by atoms with E-state index >= 15 is 0 Å². The standard InChI is InChI=1S/C14H20FNOS/c1-3-18-9-10(2)16-8-13-7-11-6-12(15)4-5-14(11)17-13/h4-6,10,13,16H,3,7-9H2,1-2H3. The Bertz CT molecular complexity index is 399. The van der Waals surface area contributed by atoms with Gasteiger partial charge in [0.25, 0.3) is 0 Å². The van der Waals surface area contributed by atoms with Gasteiger partial charge in [-0.05, 0) is 30.9 Å². The molecule has 0 fully saturated rings. The second kappa shape index (κ2) is 6.43. The zero-order chi connectivity index (χ0) is 13.0. The average molecular weight is 269 g/mol. The van der Waals surface area contributed by atoms with Gasteiger partial charge in [0.1, 0.15) is 17.7 Å². The van der Waals surface area contributed by atoms with Crippen molar-refractivity contribution in [3.8, 4) is 5.75 Å². The van der Waals surface area contributed by atoms with Crippen LogP contribution < -0.4 is 10.1 Å². The van der Waals surface area contributed by atoms with Gasteiger partial charge in [0.05, 0.1) is 0 Å². The Morgan fingerprint density at radius 1 is 1.56 bits per heavy atom. The van der Waals surface area contributed by atoms with Crippen LogP contribution >= 0.6 is 11.8 Å². The number of fused-ring (bicyclic) bond motifs is 1. The molecule has 0 saturated heterocycles. The van der Waals surface area contributed by atoms with Crippen molar-refractivity contribution in [1.29, 1.82) is 0 Å². The largest absolute Gasteiger partial charge is 0.488 e. The summed E-state index contributed by atoms with van der Waals surface area (Å²) in [5, 5.41) is 3.47. The molecule has 4 heteroatoms. The second-order valence-corrected chi connectivity index (χ2v) is 5.98. The molecule has 2 atom stereocenters. The maximum absolute atomic E-state index is 13.1. The molecule has 0 spiro atoms. The number of ether oxygens (including phenoxy) is 1. The maximum Gasteiger partial charge on any atom is 0.123 e.